The highest BCUT2D eigenvalue weighted by atomic mass is 35.5. The number of halogens is 1. The second kappa shape index (κ2) is 12.0. The van der Waals surface area contributed by atoms with Crippen LogP contribution in [0.15, 0.2) is 59.1 Å². The molecule has 0 amide bonds. The van der Waals surface area contributed by atoms with Gasteiger partial charge < -0.3 is 15.0 Å². The fourth-order valence-electron chi connectivity index (χ4n) is 4.41. The summed E-state index contributed by atoms with van der Waals surface area (Å²) >= 11 is 9.80. The van der Waals surface area contributed by atoms with Gasteiger partial charge >= 0.3 is 0 Å². The number of anilines is 2. The summed E-state index contributed by atoms with van der Waals surface area (Å²) in [5, 5.41) is 7.88. The van der Waals surface area contributed by atoms with Gasteiger partial charge in [-0.2, -0.15) is 9.78 Å². The van der Waals surface area contributed by atoms with Crippen molar-refractivity contribution >= 4 is 69.0 Å². The number of thiophene rings is 1. The zero-order chi connectivity index (χ0) is 28.3. The monoisotopic (exact) mass is 627 g/mol. The SMILES string of the molecule is O=C(Cn1c(-c2cc(NCc3ccc(Cl)s3)n(C(=O)c3cncs3)n2)ccc(N2CCOCC2)c1=O)c1ccns1. The van der Waals surface area contributed by atoms with Gasteiger partial charge in [0.15, 0.2) is 5.78 Å². The van der Waals surface area contributed by atoms with E-state index in [1.54, 1.807) is 36.0 Å². The summed E-state index contributed by atoms with van der Waals surface area (Å²) in [5.41, 5.74) is 2.49. The summed E-state index contributed by atoms with van der Waals surface area (Å²) in [6.45, 7) is 2.35. The van der Waals surface area contributed by atoms with Crippen LogP contribution < -0.4 is 15.8 Å². The fourth-order valence-corrected chi connectivity index (χ4v) is 6.51. The number of hydrogen-bond acceptors (Lipinski definition) is 12. The Hall–Kier alpha value is -3.69. The average Bonchev–Trinajstić information content (AvgIpc) is 3.81. The number of morpholine rings is 1. The first-order chi connectivity index (χ1) is 20.0. The van der Waals surface area contributed by atoms with Crippen molar-refractivity contribution in [2.75, 3.05) is 36.5 Å². The molecule has 41 heavy (non-hydrogen) atoms. The van der Waals surface area contributed by atoms with E-state index in [9.17, 15) is 14.4 Å². The highest BCUT2D eigenvalue weighted by molar-refractivity contribution is 7.16. The van der Waals surface area contributed by atoms with Crippen molar-refractivity contribution in [3.63, 3.8) is 0 Å². The number of ether oxygens (including phenoxy) is 1. The Balaban J connectivity index is 1.42. The number of ketones is 1. The van der Waals surface area contributed by atoms with E-state index in [4.69, 9.17) is 16.3 Å². The van der Waals surface area contributed by atoms with Crippen molar-refractivity contribution in [1.82, 2.24) is 23.7 Å². The molecule has 1 N–H and O–H groups in total. The van der Waals surface area contributed by atoms with Crippen LogP contribution in [0.3, 0.4) is 0 Å². The van der Waals surface area contributed by atoms with Crippen LogP contribution in [0.5, 0.6) is 0 Å². The zero-order valence-corrected chi connectivity index (χ0v) is 24.6. The van der Waals surface area contributed by atoms with Crippen LogP contribution in [0, 0.1) is 0 Å². The molecule has 0 aromatic carbocycles. The summed E-state index contributed by atoms with van der Waals surface area (Å²) < 4.78 is 12.8. The third kappa shape index (κ3) is 5.87. The minimum absolute atomic E-state index is 0.208. The van der Waals surface area contributed by atoms with Crippen LogP contribution >= 0.6 is 45.8 Å². The smallest absolute Gasteiger partial charge is 0.291 e. The molecule has 210 valence electrons. The van der Waals surface area contributed by atoms with Crippen molar-refractivity contribution < 1.29 is 14.3 Å². The van der Waals surface area contributed by atoms with Gasteiger partial charge in [0.1, 0.15) is 22.1 Å². The number of thiazole rings is 1. The molecule has 6 rings (SSSR count). The van der Waals surface area contributed by atoms with Gasteiger partial charge in [0, 0.05) is 30.2 Å². The molecular weight excluding hydrogens is 606 g/mol. The highest BCUT2D eigenvalue weighted by Gasteiger charge is 2.24. The summed E-state index contributed by atoms with van der Waals surface area (Å²) in [6, 6.07) is 10.5. The molecule has 0 radical (unpaired) electrons. The number of aromatic nitrogens is 5. The average molecular weight is 628 g/mol. The summed E-state index contributed by atoms with van der Waals surface area (Å²) in [7, 11) is 0. The molecule has 5 aromatic heterocycles. The molecule has 0 bridgehead atoms. The lowest BCUT2D eigenvalue weighted by Gasteiger charge is -2.28. The summed E-state index contributed by atoms with van der Waals surface area (Å²) in [6.07, 6.45) is 3.04. The van der Waals surface area contributed by atoms with Gasteiger partial charge in [-0.3, -0.25) is 23.9 Å². The molecule has 6 heterocycles. The number of carbonyl (C=O) groups excluding carboxylic acids is 2. The highest BCUT2D eigenvalue weighted by Crippen LogP contribution is 2.27. The van der Waals surface area contributed by atoms with E-state index >= 15 is 0 Å². The molecule has 1 aliphatic heterocycles. The number of nitrogens with zero attached hydrogens (tertiary/aromatic N) is 6. The van der Waals surface area contributed by atoms with Gasteiger partial charge in [-0.15, -0.1) is 22.7 Å². The lowest BCUT2D eigenvalue weighted by Crippen LogP contribution is -2.41. The number of hydrogen-bond donors (Lipinski definition) is 1. The Morgan fingerprint density at radius 3 is 2.66 bits per heavy atom. The molecule has 1 fully saturated rings. The van der Waals surface area contributed by atoms with Crippen molar-refractivity contribution in [3.8, 4) is 11.4 Å². The molecule has 1 aliphatic rings. The molecule has 1 saturated heterocycles. The van der Waals surface area contributed by atoms with Gasteiger partial charge in [0.2, 0.25) is 0 Å². The molecule has 0 saturated carbocycles. The van der Waals surface area contributed by atoms with E-state index in [1.165, 1.54) is 38.1 Å². The first kappa shape index (κ1) is 27.5. The van der Waals surface area contributed by atoms with Gasteiger partial charge in [-0.05, 0) is 41.9 Å². The normalized spacial score (nSPS) is 13.4. The Morgan fingerprint density at radius 1 is 1.10 bits per heavy atom. The van der Waals surface area contributed by atoms with Crippen LogP contribution in [-0.2, 0) is 17.8 Å². The Bertz CT molecular complexity index is 1740. The summed E-state index contributed by atoms with van der Waals surface area (Å²) in [4.78, 5) is 48.2. The first-order valence-electron chi connectivity index (χ1n) is 12.5. The minimum Gasteiger partial charge on any atom is -0.378 e. The molecule has 0 unspecified atom stereocenters. The number of nitrogens with one attached hydrogen (secondary N) is 1. The van der Waals surface area contributed by atoms with E-state index < -0.39 is 0 Å². The second-order valence-electron chi connectivity index (χ2n) is 8.95. The van der Waals surface area contributed by atoms with E-state index in [0.29, 0.717) is 69.8 Å². The maximum atomic E-state index is 13.9. The predicted molar refractivity (Wildman–Crippen MR) is 160 cm³/mol. The van der Waals surface area contributed by atoms with Crippen LogP contribution in [0.25, 0.3) is 11.4 Å². The topological polar surface area (TPSA) is 124 Å². The van der Waals surface area contributed by atoms with Crippen molar-refractivity contribution in [2.24, 2.45) is 0 Å². The summed E-state index contributed by atoms with van der Waals surface area (Å²) in [5.74, 6) is -0.193. The van der Waals surface area contributed by atoms with Gasteiger partial charge in [0.25, 0.3) is 11.5 Å². The van der Waals surface area contributed by atoms with Crippen molar-refractivity contribution in [3.05, 3.63) is 83.6 Å². The fraction of sp³-hybridized carbons (Fsp3) is 0.231. The Labute approximate surface area is 250 Å². The van der Waals surface area contributed by atoms with Crippen molar-refractivity contribution in [2.45, 2.75) is 13.1 Å². The van der Waals surface area contributed by atoms with Crippen LogP contribution in [0.2, 0.25) is 4.34 Å². The molecule has 0 atom stereocenters. The number of Topliss-reactive ketones (excluding diaryl/α,β-unsaturated/α-hetero) is 1. The maximum absolute atomic E-state index is 13.9. The first-order valence-corrected chi connectivity index (χ1v) is 15.3. The van der Waals surface area contributed by atoms with E-state index in [-0.39, 0.29) is 23.8 Å². The minimum atomic E-state index is -0.370. The van der Waals surface area contributed by atoms with Gasteiger partial charge in [-0.1, -0.05) is 11.6 Å². The molecule has 0 spiro atoms. The molecule has 5 aromatic rings. The van der Waals surface area contributed by atoms with Gasteiger partial charge in [0.05, 0.1) is 52.9 Å². The maximum Gasteiger partial charge on any atom is 0.291 e. The van der Waals surface area contributed by atoms with E-state index in [1.807, 2.05) is 17.0 Å². The zero-order valence-electron chi connectivity index (χ0n) is 21.4. The van der Waals surface area contributed by atoms with E-state index in [2.05, 4.69) is 19.8 Å². The molecule has 0 aliphatic carbocycles. The second-order valence-corrected chi connectivity index (χ2v) is 12.5. The Kier molecular flexibility index (Phi) is 8.07. The van der Waals surface area contributed by atoms with Crippen LogP contribution in [0.4, 0.5) is 11.5 Å². The third-order valence-corrected chi connectivity index (χ3v) is 9.18. The third-order valence-electron chi connectivity index (χ3n) is 6.40. The van der Waals surface area contributed by atoms with Crippen molar-refractivity contribution in [1.29, 1.82) is 0 Å². The van der Waals surface area contributed by atoms with Crippen LogP contribution in [-0.4, -0.2) is 61.7 Å². The number of carbonyl (C=O) groups is 2. The molecule has 11 nitrogen and oxygen atoms in total. The lowest BCUT2D eigenvalue weighted by molar-refractivity contribution is 0.0948. The quantitative estimate of drug-likeness (QED) is 0.237. The predicted octanol–water partition coefficient (Wildman–Crippen LogP) is 4.36. The van der Waals surface area contributed by atoms with Crippen LogP contribution in [0.1, 0.15) is 24.2 Å². The lowest BCUT2D eigenvalue weighted by atomic mass is 10.2. The standard InChI is InChI=1S/C26H22ClN7O4S3/c27-23-4-1-16(40-23)12-29-24-11-17(31-34(24)26(37)22-13-28-15-39-22)18-2-3-19(32-7-9-38-10-8-32)25(36)33(18)14-20(35)21-5-6-30-41-21/h1-6,11,13,15,29H,7-10,12,14H2. The molecular formula is C26H22ClN7O4S3. The number of pyridine rings is 1. The largest absolute Gasteiger partial charge is 0.378 e. The van der Waals surface area contributed by atoms with E-state index in [0.717, 1.165) is 16.4 Å². The Morgan fingerprint density at radius 2 is 1.95 bits per heavy atom. The molecule has 15 heteroatoms. The number of rotatable bonds is 9. The van der Waals surface area contributed by atoms with Gasteiger partial charge in [-0.25, -0.2) is 4.37 Å².